The second-order valence-corrected chi connectivity index (χ2v) is 3.99. The van der Waals surface area contributed by atoms with E-state index in [1.54, 1.807) is 7.11 Å². The first-order chi connectivity index (χ1) is 6.18. The first kappa shape index (κ1) is 13.5. The van der Waals surface area contributed by atoms with Gasteiger partial charge in [-0.2, -0.15) is 0 Å². The van der Waals surface area contributed by atoms with Crippen molar-refractivity contribution in [1.29, 1.82) is 0 Å². The minimum atomic E-state index is -0.129. The lowest BCUT2D eigenvalue weighted by Crippen LogP contribution is -2.46. The van der Waals surface area contributed by atoms with Crippen LogP contribution in [0.4, 0.5) is 0 Å². The molecule has 1 N–H and O–H groups in total. The number of hydrogen-bond donors (Lipinski definition) is 1. The zero-order valence-corrected chi connectivity index (χ0v) is 9.92. The summed E-state index contributed by atoms with van der Waals surface area (Å²) in [6, 6.07) is 0. The molecule has 0 spiro atoms. The minimum Gasteiger partial charge on any atom is -0.385 e. The van der Waals surface area contributed by atoms with Gasteiger partial charge in [0.15, 0.2) is 0 Å². The average molecular weight is 228 g/mol. The molecule has 0 atom stereocenters. The molecule has 4 heteroatoms. The van der Waals surface area contributed by atoms with Gasteiger partial charge in [-0.15, -0.1) is 23.2 Å². The predicted octanol–water partition coefficient (Wildman–Crippen LogP) is 2.24. The summed E-state index contributed by atoms with van der Waals surface area (Å²) >= 11 is 11.6. The first-order valence-corrected chi connectivity index (χ1v) is 5.61. The molecule has 0 aromatic carbocycles. The highest BCUT2D eigenvalue weighted by molar-refractivity contribution is 6.22. The topological polar surface area (TPSA) is 21.3 Å². The van der Waals surface area contributed by atoms with Crippen molar-refractivity contribution >= 4 is 23.2 Å². The molecule has 0 radical (unpaired) electrons. The third kappa shape index (κ3) is 6.55. The lowest BCUT2D eigenvalue weighted by atomic mass is 10.1. The molecule has 13 heavy (non-hydrogen) atoms. The van der Waals surface area contributed by atoms with E-state index in [1.807, 2.05) is 6.92 Å². The van der Waals surface area contributed by atoms with Gasteiger partial charge < -0.3 is 10.1 Å². The normalized spacial score (nSPS) is 12.0. The Hall–Kier alpha value is 0.500. The number of methoxy groups -OCH3 is 1. The van der Waals surface area contributed by atoms with E-state index in [-0.39, 0.29) is 5.54 Å². The summed E-state index contributed by atoms with van der Waals surface area (Å²) < 4.78 is 4.95. The highest BCUT2D eigenvalue weighted by atomic mass is 35.5. The first-order valence-electron chi connectivity index (χ1n) is 4.54. The Labute approximate surface area is 90.9 Å². The number of halogens is 2. The van der Waals surface area contributed by atoms with Crippen LogP contribution in [0.5, 0.6) is 0 Å². The van der Waals surface area contributed by atoms with Crippen molar-refractivity contribution in [3.8, 4) is 0 Å². The molecule has 0 amide bonds. The molecule has 2 nitrogen and oxygen atoms in total. The molecule has 0 saturated heterocycles. The molecule has 0 heterocycles. The lowest BCUT2D eigenvalue weighted by molar-refractivity contribution is 0.192. The molecule has 0 aromatic heterocycles. The zero-order chi connectivity index (χ0) is 10.2. The Bertz CT molecular complexity index is 118. The smallest absolute Gasteiger partial charge is 0.0462 e. The van der Waals surface area contributed by atoms with Crippen molar-refractivity contribution in [1.82, 2.24) is 5.32 Å². The fourth-order valence-corrected chi connectivity index (χ4v) is 1.37. The third-order valence-corrected chi connectivity index (χ3v) is 3.10. The van der Waals surface area contributed by atoms with Crippen molar-refractivity contribution in [2.75, 3.05) is 32.0 Å². The summed E-state index contributed by atoms with van der Waals surface area (Å²) in [4.78, 5) is 0. The van der Waals surface area contributed by atoms with E-state index in [1.165, 1.54) is 0 Å². The van der Waals surface area contributed by atoms with Crippen molar-refractivity contribution in [2.45, 2.75) is 25.3 Å². The van der Waals surface area contributed by atoms with Crippen molar-refractivity contribution in [3.05, 3.63) is 0 Å². The van der Waals surface area contributed by atoms with Crippen LogP contribution in [0, 0.1) is 0 Å². The average Bonchev–Trinajstić information content (AvgIpc) is 2.17. The van der Waals surface area contributed by atoms with Crippen LogP contribution in [-0.4, -0.2) is 37.6 Å². The fraction of sp³-hybridized carbons (Fsp3) is 1.00. The number of alkyl halides is 2. The minimum absolute atomic E-state index is 0.129. The third-order valence-electron chi connectivity index (χ3n) is 1.92. The molecule has 0 rings (SSSR count). The van der Waals surface area contributed by atoms with Gasteiger partial charge in [0.25, 0.3) is 0 Å². The Morgan fingerprint density at radius 2 is 1.85 bits per heavy atom. The SMILES string of the molecule is COCCCCNC(C)(CCl)CCl. The summed E-state index contributed by atoms with van der Waals surface area (Å²) in [7, 11) is 1.72. The second kappa shape index (κ2) is 7.86. The van der Waals surface area contributed by atoms with Crippen molar-refractivity contribution < 1.29 is 4.74 Å². The van der Waals surface area contributed by atoms with Crippen LogP contribution in [-0.2, 0) is 4.74 Å². The van der Waals surface area contributed by atoms with E-state index >= 15 is 0 Å². The van der Waals surface area contributed by atoms with Crippen LogP contribution >= 0.6 is 23.2 Å². The van der Waals surface area contributed by atoms with E-state index in [9.17, 15) is 0 Å². The summed E-state index contributed by atoms with van der Waals surface area (Å²) in [5, 5.41) is 3.33. The number of ether oxygens (including phenoxy) is 1. The lowest BCUT2D eigenvalue weighted by Gasteiger charge is -2.25. The maximum Gasteiger partial charge on any atom is 0.0462 e. The van der Waals surface area contributed by atoms with Crippen LogP contribution in [0.15, 0.2) is 0 Å². The Balaban J connectivity index is 3.39. The molecule has 0 fully saturated rings. The molecular weight excluding hydrogens is 209 g/mol. The summed E-state index contributed by atoms with van der Waals surface area (Å²) in [5.74, 6) is 1.08. The monoisotopic (exact) mass is 227 g/mol. The number of hydrogen-bond acceptors (Lipinski definition) is 2. The Morgan fingerprint density at radius 3 is 2.31 bits per heavy atom. The van der Waals surface area contributed by atoms with Crippen LogP contribution < -0.4 is 5.32 Å². The molecule has 0 saturated carbocycles. The number of rotatable bonds is 8. The highest BCUT2D eigenvalue weighted by Crippen LogP contribution is 2.08. The van der Waals surface area contributed by atoms with Gasteiger partial charge in [0, 0.05) is 31.0 Å². The van der Waals surface area contributed by atoms with Gasteiger partial charge in [-0.05, 0) is 26.3 Å². The van der Waals surface area contributed by atoms with E-state index in [0.717, 1.165) is 26.0 Å². The predicted molar refractivity (Wildman–Crippen MR) is 59.0 cm³/mol. The second-order valence-electron chi connectivity index (χ2n) is 3.45. The Kier molecular flexibility index (Phi) is 8.17. The van der Waals surface area contributed by atoms with Gasteiger partial charge in [0.1, 0.15) is 0 Å². The Morgan fingerprint density at radius 1 is 1.23 bits per heavy atom. The van der Waals surface area contributed by atoms with E-state index in [2.05, 4.69) is 5.32 Å². The van der Waals surface area contributed by atoms with E-state index in [0.29, 0.717) is 11.8 Å². The van der Waals surface area contributed by atoms with E-state index in [4.69, 9.17) is 27.9 Å². The summed E-state index contributed by atoms with van der Waals surface area (Å²) in [6.45, 7) is 3.79. The summed E-state index contributed by atoms with van der Waals surface area (Å²) in [6.07, 6.45) is 2.17. The molecule has 0 unspecified atom stereocenters. The number of nitrogens with one attached hydrogen (secondary N) is 1. The van der Waals surface area contributed by atoms with E-state index < -0.39 is 0 Å². The van der Waals surface area contributed by atoms with Crippen molar-refractivity contribution in [2.24, 2.45) is 0 Å². The van der Waals surface area contributed by atoms with Gasteiger partial charge in [0.2, 0.25) is 0 Å². The van der Waals surface area contributed by atoms with Gasteiger partial charge in [-0.1, -0.05) is 0 Å². The highest BCUT2D eigenvalue weighted by Gasteiger charge is 2.20. The maximum atomic E-state index is 5.78. The molecule has 0 aromatic rings. The maximum absolute atomic E-state index is 5.78. The van der Waals surface area contributed by atoms with Crippen LogP contribution in [0.1, 0.15) is 19.8 Å². The molecule has 0 aliphatic rings. The molecule has 0 aliphatic carbocycles. The largest absolute Gasteiger partial charge is 0.385 e. The standard InChI is InChI=1S/C9H19Cl2NO/c1-9(7-10,8-11)12-5-3-4-6-13-2/h12H,3-8H2,1-2H3. The zero-order valence-electron chi connectivity index (χ0n) is 8.41. The van der Waals surface area contributed by atoms with Gasteiger partial charge in [0.05, 0.1) is 0 Å². The van der Waals surface area contributed by atoms with Gasteiger partial charge in [-0.3, -0.25) is 0 Å². The van der Waals surface area contributed by atoms with Crippen LogP contribution in [0.25, 0.3) is 0 Å². The quantitative estimate of drug-likeness (QED) is 0.508. The number of unbranched alkanes of at least 4 members (excludes halogenated alkanes) is 1. The molecule has 80 valence electrons. The molecule has 0 aliphatic heterocycles. The van der Waals surface area contributed by atoms with Gasteiger partial charge >= 0.3 is 0 Å². The molecular formula is C9H19Cl2NO. The fourth-order valence-electron chi connectivity index (χ4n) is 0.892. The van der Waals surface area contributed by atoms with Crippen LogP contribution in [0.2, 0.25) is 0 Å². The van der Waals surface area contributed by atoms with Gasteiger partial charge in [-0.25, -0.2) is 0 Å². The van der Waals surface area contributed by atoms with Crippen molar-refractivity contribution in [3.63, 3.8) is 0 Å². The summed E-state index contributed by atoms with van der Waals surface area (Å²) in [5.41, 5.74) is -0.129. The molecule has 0 bridgehead atoms. The van der Waals surface area contributed by atoms with Crippen LogP contribution in [0.3, 0.4) is 0 Å².